The van der Waals surface area contributed by atoms with Crippen molar-refractivity contribution in [1.29, 1.82) is 0 Å². The summed E-state index contributed by atoms with van der Waals surface area (Å²) in [6.45, 7) is 0. The molecule has 0 bridgehead atoms. The van der Waals surface area contributed by atoms with Gasteiger partial charge in [-0.15, -0.1) is 0 Å². The quantitative estimate of drug-likeness (QED) is 0.686. The van der Waals surface area contributed by atoms with Gasteiger partial charge in [-0.3, -0.25) is 9.48 Å². The number of halogens is 1. The van der Waals surface area contributed by atoms with Gasteiger partial charge in [-0.1, -0.05) is 6.07 Å². The van der Waals surface area contributed by atoms with E-state index in [4.69, 9.17) is 0 Å². The molecule has 0 saturated heterocycles. The van der Waals surface area contributed by atoms with E-state index in [9.17, 15) is 9.18 Å². The summed E-state index contributed by atoms with van der Waals surface area (Å²) in [4.78, 5) is 11.2. The molecule has 0 radical (unpaired) electrons. The summed E-state index contributed by atoms with van der Waals surface area (Å²) < 4.78 is 16.4. The molecule has 6 heteroatoms. The van der Waals surface area contributed by atoms with Crippen LogP contribution in [0.4, 0.5) is 4.39 Å². The Bertz CT molecular complexity index is 775. The normalized spacial score (nSPS) is 10.7. The SMILES string of the molecule is Cn1cc(-c2nn(-c3cccc(F)c3)cc2C=O)cn1. The molecule has 0 aliphatic heterocycles. The Labute approximate surface area is 114 Å². The highest BCUT2D eigenvalue weighted by Crippen LogP contribution is 2.22. The van der Waals surface area contributed by atoms with Crippen molar-refractivity contribution in [3.8, 4) is 16.9 Å². The number of rotatable bonds is 3. The third-order valence-corrected chi connectivity index (χ3v) is 2.92. The van der Waals surface area contributed by atoms with Gasteiger partial charge < -0.3 is 0 Å². The molecule has 20 heavy (non-hydrogen) atoms. The molecule has 2 aromatic heterocycles. The van der Waals surface area contributed by atoms with Gasteiger partial charge in [0.2, 0.25) is 0 Å². The number of aryl methyl sites for hydroxylation is 1. The number of hydrogen-bond acceptors (Lipinski definition) is 3. The maximum absolute atomic E-state index is 13.2. The molecule has 100 valence electrons. The molecule has 5 nitrogen and oxygen atoms in total. The van der Waals surface area contributed by atoms with E-state index in [0.717, 1.165) is 11.8 Å². The van der Waals surface area contributed by atoms with Crippen LogP contribution in [0.2, 0.25) is 0 Å². The highest BCUT2D eigenvalue weighted by atomic mass is 19.1. The lowest BCUT2D eigenvalue weighted by atomic mass is 10.2. The minimum absolute atomic E-state index is 0.353. The van der Waals surface area contributed by atoms with Crippen LogP contribution in [0, 0.1) is 5.82 Å². The van der Waals surface area contributed by atoms with E-state index < -0.39 is 0 Å². The molecule has 1 aromatic carbocycles. The van der Waals surface area contributed by atoms with Crippen molar-refractivity contribution in [2.45, 2.75) is 0 Å². The molecule has 3 aromatic rings. The molecule has 0 saturated carbocycles. The van der Waals surface area contributed by atoms with Crippen molar-refractivity contribution in [1.82, 2.24) is 19.6 Å². The number of hydrogen-bond donors (Lipinski definition) is 0. The van der Waals surface area contributed by atoms with E-state index >= 15 is 0 Å². The molecule has 0 unspecified atom stereocenters. The van der Waals surface area contributed by atoms with Crippen molar-refractivity contribution in [2.24, 2.45) is 7.05 Å². The molecule has 2 heterocycles. The van der Waals surface area contributed by atoms with Gasteiger partial charge in [-0.05, 0) is 18.2 Å². The van der Waals surface area contributed by atoms with Crippen molar-refractivity contribution < 1.29 is 9.18 Å². The van der Waals surface area contributed by atoms with Gasteiger partial charge in [0, 0.05) is 25.0 Å². The molecule has 0 aliphatic carbocycles. The third kappa shape index (κ3) is 2.11. The third-order valence-electron chi connectivity index (χ3n) is 2.92. The predicted octanol–water partition coefficient (Wildman–Crippen LogP) is 2.22. The summed E-state index contributed by atoms with van der Waals surface area (Å²) in [5, 5.41) is 8.40. The van der Waals surface area contributed by atoms with E-state index in [0.29, 0.717) is 16.9 Å². The molecule has 0 fully saturated rings. The number of benzene rings is 1. The maximum atomic E-state index is 13.2. The standard InChI is InChI=1S/C14H11FN4O/c1-18-7-10(6-16-18)14-11(9-20)8-19(17-14)13-4-2-3-12(15)5-13/h2-9H,1H3. The lowest BCUT2D eigenvalue weighted by Gasteiger charge is -2.00. The van der Waals surface area contributed by atoms with Gasteiger partial charge in [-0.2, -0.15) is 10.2 Å². The highest BCUT2D eigenvalue weighted by Gasteiger charge is 2.13. The van der Waals surface area contributed by atoms with Crippen LogP contribution in [0.15, 0.2) is 42.9 Å². The molecular weight excluding hydrogens is 259 g/mol. The minimum atomic E-state index is -0.353. The first-order chi connectivity index (χ1) is 9.67. The fourth-order valence-corrected chi connectivity index (χ4v) is 1.99. The van der Waals surface area contributed by atoms with E-state index in [2.05, 4.69) is 10.2 Å². The Morgan fingerprint density at radius 1 is 1.30 bits per heavy atom. The van der Waals surface area contributed by atoms with Gasteiger partial charge in [0.25, 0.3) is 0 Å². The molecule has 0 aliphatic rings. The zero-order valence-electron chi connectivity index (χ0n) is 10.7. The molecular formula is C14H11FN4O. The average Bonchev–Trinajstić information content (AvgIpc) is 3.04. The van der Waals surface area contributed by atoms with Gasteiger partial charge in [-0.25, -0.2) is 9.07 Å². The van der Waals surface area contributed by atoms with Crippen LogP contribution < -0.4 is 0 Å². The maximum Gasteiger partial charge on any atom is 0.153 e. The lowest BCUT2D eigenvalue weighted by molar-refractivity contribution is 0.112. The second kappa shape index (κ2) is 4.73. The van der Waals surface area contributed by atoms with Crippen molar-refractivity contribution in [3.05, 3.63) is 54.2 Å². The Morgan fingerprint density at radius 3 is 2.80 bits per heavy atom. The number of aromatic nitrogens is 4. The van der Waals surface area contributed by atoms with Crippen LogP contribution in [0.1, 0.15) is 10.4 Å². The summed E-state index contributed by atoms with van der Waals surface area (Å²) in [5.41, 5.74) is 2.26. The summed E-state index contributed by atoms with van der Waals surface area (Å²) in [6.07, 6.45) is 5.70. The summed E-state index contributed by atoms with van der Waals surface area (Å²) >= 11 is 0. The van der Waals surface area contributed by atoms with Crippen molar-refractivity contribution in [3.63, 3.8) is 0 Å². The zero-order chi connectivity index (χ0) is 14.1. The first-order valence-corrected chi connectivity index (χ1v) is 5.97. The Morgan fingerprint density at radius 2 is 2.15 bits per heavy atom. The Kier molecular flexibility index (Phi) is 2.90. The topological polar surface area (TPSA) is 52.7 Å². The molecule has 0 amide bonds. The van der Waals surface area contributed by atoms with Crippen LogP contribution in [0.5, 0.6) is 0 Å². The fourth-order valence-electron chi connectivity index (χ4n) is 1.99. The first kappa shape index (κ1) is 12.3. The van der Waals surface area contributed by atoms with E-state index in [1.165, 1.54) is 16.8 Å². The largest absolute Gasteiger partial charge is 0.298 e. The predicted molar refractivity (Wildman–Crippen MR) is 71.1 cm³/mol. The smallest absolute Gasteiger partial charge is 0.153 e. The molecule has 0 spiro atoms. The van der Waals surface area contributed by atoms with Gasteiger partial charge >= 0.3 is 0 Å². The highest BCUT2D eigenvalue weighted by molar-refractivity contribution is 5.85. The van der Waals surface area contributed by atoms with E-state index in [-0.39, 0.29) is 5.82 Å². The summed E-state index contributed by atoms with van der Waals surface area (Å²) in [5.74, 6) is -0.353. The minimum Gasteiger partial charge on any atom is -0.298 e. The molecule has 0 atom stereocenters. The van der Waals surface area contributed by atoms with Crippen LogP contribution in [-0.4, -0.2) is 25.8 Å². The van der Waals surface area contributed by atoms with Crippen molar-refractivity contribution in [2.75, 3.05) is 0 Å². The molecule has 0 N–H and O–H groups in total. The summed E-state index contributed by atoms with van der Waals surface area (Å²) in [7, 11) is 1.79. The Hall–Kier alpha value is -2.76. The first-order valence-electron chi connectivity index (χ1n) is 5.97. The van der Waals surface area contributed by atoms with Crippen LogP contribution in [0.3, 0.4) is 0 Å². The number of carbonyl (C=O) groups is 1. The number of nitrogens with zero attached hydrogens (tertiary/aromatic N) is 4. The Balaban J connectivity index is 2.11. The van der Waals surface area contributed by atoms with Crippen LogP contribution in [0.25, 0.3) is 16.9 Å². The zero-order valence-corrected chi connectivity index (χ0v) is 10.7. The van der Waals surface area contributed by atoms with Gasteiger partial charge in [0.1, 0.15) is 11.5 Å². The monoisotopic (exact) mass is 270 g/mol. The number of carbonyl (C=O) groups excluding carboxylic acids is 1. The number of aldehydes is 1. The van der Waals surface area contributed by atoms with E-state index in [1.54, 1.807) is 42.5 Å². The molecule has 3 rings (SSSR count). The van der Waals surface area contributed by atoms with Gasteiger partial charge in [0.05, 0.1) is 17.4 Å². The van der Waals surface area contributed by atoms with E-state index in [1.807, 2.05) is 0 Å². The summed E-state index contributed by atoms with van der Waals surface area (Å²) in [6, 6.07) is 6.03. The second-order valence-electron chi connectivity index (χ2n) is 4.38. The van der Waals surface area contributed by atoms with Gasteiger partial charge in [0.15, 0.2) is 6.29 Å². The fraction of sp³-hybridized carbons (Fsp3) is 0.0714. The van der Waals surface area contributed by atoms with Crippen molar-refractivity contribution >= 4 is 6.29 Å². The second-order valence-corrected chi connectivity index (χ2v) is 4.38. The average molecular weight is 270 g/mol. The lowest BCUT2D eigenvalue weighted by Crippen LogP contribution is -1.95. The van der Waals surface area contributed by atoms with Crippen LogP contribution >= 0.6 is 0 Å². The van der Waals surface area contributed by atoms with Crippen LogP contribution in [-0.2, 0) is 7.05 Å².